The molecular weight excluding hydrogens is 408 g/mol. The van der Waals surface area contributed by atoms with Gasteiger partial charge in [-0.2, -0.15) is 26.3 Å². The molecule has 1 atom stereocenters. The molecule has 30 heavy (non-hydrogen) atoms. The van der Waals surface area contributed by atoms with E-state index in [4.69, 9.17) is 0 Å². The Balaban J connectivity index is 2.20. The largest absolute Gasteiger partial charge is 0.416 e. The standard InChI is InChI=1S/C22H21F6NO/c1-2-3-8-29-12-20(30)19-9-13-4-5-14(21(23,24)25)10-17(13)18-11-15(22(26,27)28)6-7-16(18)19/h4-7,9-11,20,29-30H,2-3,8,12H2,1H3. The average molecular weight is 429 g/mol. The van der Waals surface area contributed by atoms with Gasteiger partial charge in [-0.3, -0.25) is 0 Å². The van der Waals surface area contributed by atoms with Gasteiger partial charge in [-0.15, -0.1) is 0 Å². The first-order valence-electron chi connectivity index (χ1n) is 9.56. The Hall–Kier alpha value is -2.32. The van der Waals surface area contributed by atoms with Crippen LogP contribution in [0.2, 0.25) is 0 Å². The number of benzene rings is 3. The maximum atomic E-state index is 13.2. The zero-order chi connectivity index (χ0) is 22.1. The molecule has 3 rings (SSSR count). The summed E-state index contributed by atoms with van der Waals surface area (Å²) in [4.78, 5) is 0. The van der Waals surface area contributed by atoms with Crippen LogP contribution in [0, 0.1) is 0 Å². The Bertz CT molecular complexity index is 1040. The third-order valence-corrected chi connectivity index (χ3v) is 5.04. The average Bonchev–Trinajstić information content (AvgIpc) is 2.68. The third-order valence-electron chi connectivity index (χ3n) is 5.04. The van der Waals surface area contributed by atoms with Crippen molar-refractivity contribution < 1.29 is 31.4 Å². The maximum absolute atomic E-state index is 13.2. The van der Waals surface area contributed by atoms with Gasteiger partial charge in [-0.05, 0) is 70.4 Å². The molecule has 162 valence electrons. The topological polar surface area (TPSA) is 32.3 Å². The summed E-state index contributed by atoms with van der Waals surface area (Å²) in [5.74, 6) is 0. The third kappa shape index (κ3) is 4.70. The highest BCUT2D eigenvalue weighted by molar-refractivity contribution is 6.09. The molecule has 0 radical (unpaired) electrons. The summed E-state index contributed by atoms with van der Waals surface area (Å²) in [7, 11) is 0. The van der Waals surface area contributed by atoms with Crippen LogP contribution in [-0.4, -0.2) is 18.2 Å². The van der Waals surface area contributed by atoms with Crippen LogP contribution in [0.5, 0.6) is 0 Å². The number of aliphatic hydroxyl groups is 1. The minimum absolute atomic E-state index is 0.0241. The number of unbranched alkanes of at least 4 members (excludes halogenated alkanes) is 1. The second-order valence-corrected chi connectivity index (χ2v) is 7.23. The minimum atomic E-state index is -4.64. The quantitative estimate of drug-likeness (QED) is 0.268. The molecule has 0 saturated carbocycles. The van der Waals surface area contributed by atoms with E-state index < -0.39 is 29.6 Å². The molecule has 8 heteroatoms. The summed E-state index contributed by atoms with van der Waals surface area (Å²) in [5.41, 5.74) is -1.53. The monoisotopic (exact) mass is 429 g/mol. The van der Waals surface area contributed by atoms with Crippen molar-refractivity contribution in [3.8, 4) is 0 Å². The predicted molar refractivity (Wildman–Crippen MR) is 104 cm³/mol. The van der Waals surface area contributed by atoms with Gasteiger partial charge in [0.05, 0.1) is 17.2 Å². The van der Waals surface area contributed by atoms with Crippen LogP contribution in [0.3, 0.4) is 0 Å². The van der Waals surface area contributed by atoms with Crippen molar-refractivity contribution in [3.05, 3.63) is 59.2 Å². The van der Waals surface area contributed by atoms with Crippen LogP contribution < -0.4 is 5.32 Å². The molecule has 0 amide bonds. The van der Waals surface area contributed by atoms with Crippen LogP contribution in [0.4, 0.5) is 26.3 Å². The van der Waals surface area contributed by atoms with E-state index in [-0.39, 0.29) is 17.3 Å². The van der Waals surface area contributed by atoms with Gasteiger partial charge < -0.3 is 10.4 Å². The number of hydrogen-bond acceptors (Lipinski definition) is 2. The molecule has 0 bridgehead atoms. The molecule has 0 aliphatic rings. The predicted octanol–water partition coefficient (Wildman–Crippen LogP) is 6.45. The Morgan fingerprint density at radius 3 is 2.03 bits per heavy atom. The lowest BCUT2D eigenvalue weighted by Crippen LogP contribution is -2.22. The zero-order valence-corrected chi connectivity index (χ0v) is 16.2. The van der Waals surface area contributed by atoms with Gasteiger partial charge in [0.1, 0.15) is 0 Å². The number of hydrogen-bond donors (Lipinski definition) is 2. The van der Waals surface area contributed by atoms with Crippen molar-refractivity contribution in [1.82, 2.24) is 5.32 Å². The van der Waals surface area contributed by atoms with Crippen LogP contribution >= 0.6 is 0 Å². The number of nitrogens with one attached hydrogen (secondary N) is 1. The van der Waals surface area contributed by atoms with E-state index in [1.54, 1.807) is 0 Å². The second kappa shape index (κ2) is 8.43. The molecule has 3 aromatic carbocycles. The molecule has 1 unspecified atom stereocenters. The van der Waals surface area contributed by atoms with Crippen molar-refractivity contribution in [2.45, 2.75) is 38.2 Å². The highest BCUT2D eigenvalue weighted by Crippen LogP contribution is 2.39. The molecule has 0 heterocycles. The summed E-state index contributed by atoms with van der Waals surface area (Å²) in [6.45, 7) is 2.87. The molecule has 0 aromatic heterocycles. The van der Waals surface area contributed by atoms with Gasteiger partial charge >= 0.3 is 12.4 Å². The molecular formula is C22H21F6NO. The van der Waals surface area contributed by atoms with Crippen LogP contribution in [0.25, 0.3) is 21.5 Å². The normalized spacial score (nSPS) is 13.9. The molecule has 0 fully saturated rings. The fourth-order valence-corrected chi connectivity index (χ4v) is 3.46. The van der Waals surface area contributed by atoms with Gasteiger partial charge in [0, 0.05) is 6.54 Å². The highest BCUT2D eigenvalue weighted by Gasteiger charge is 2.32. The van der Waals surface area contributed by atoms with Crippen molar-refractivity contribution in [2.75, 3.05) is 13.1 Å². The molecule has 0 aliphatic carbocycles. The lowest BCUT2D eigenvalue weighted by molar-refractivity contribution is -0.138. The van der Waals surface area contributed by atoms with E-state index >= 15 is 0 Å². The summed E-state index contributed by atoms with van der Waals surface area (Å²) in [5, 5.41) is 14.4. The lowest BCUT2D eigenvalue weighted by atomic mass is 9.92. The minimum Gasteiger partial charge on any atom is -0.387 e. The van der Waals surface area contributed by atoms with Gasteiger partial charge in [-0.1, -0.05) is 25.5 Å². The summed E-state index contributed by atoms with van der Waals surface area (Å²) >= 11 is 0. The smallest absolute Gasteiger partial charge is 0.387 e. The summed E-state index contributed by atoms with van der Waals surface area (Å²) < 4.78 is 79.2. The summed E-state index contributed by atoms with van der Waals surface area (Å²) in [6, 6.07) is 7.43. The van der Waals surface area contributed by atoms with Crippen LogP contribution in [0.1, 0.15) is 42.6 Å². The number of aliphatic hydroxyl groups excluding tert-OH is 1. The number of fused-ring (bicyclic) bond motifs is 3. The molecule has 0 aliphatic heterocycles. The zero-order valence-electron chi connectivity index (χ0n) is 16.2. The van der Waals surface area contributed by atoms with E-state index in [9.17, 15) is 31.4 Å². The maximum Gasteiger partial charge on any atom is 0.416 e. The van der Waals surface area contributed by atoms with Gasteiger partial charge in [0.2, 0.25) is 0 Å². The molecule has 0 spiro atoms. The molecule has 3 aromatic rings. The second-order valence-electron chi connectivity index (χ2n) is 7.23. The van der Waals surface area contributed by atoms with Crippen molar-refractivity contribution >= 4 is 21.5 Å². The number of alkyl halides is 6. The van der Waals surface area contributed by atoms with E-state index in [0.29, 0.717) is 22.9 Å². The Kier molecular flexibility index (Phi) is 6.29. The van der Waals surface area contributed by atoms with Gasteiger partial charge in [-0.25, -0.2) is 0 Å². The first kappa shape index (κ1) is 22.4. The number of rotatable bonds is 6. The van der Waals surface area contributed by atoms with E-state index in [2.05, 4.69) is 5.32 Å². The SMILES string of the molecule is CCCCNCC(O)c1cc2ccc(C(F)(F)F)cc2c2cc(C(F)(F)F)ccc12. The fourth-order valence-electron chi connectivity index (χ4n) is 3.46. The Morgan fingerprint density at radius 2 is 1.43 bits per heavy atom. The molecule has 2 nitrogen and oxygen atoms in total. The first-order chi connectivity index (χ1) is 14.0. The van der Waals surface area contributed by atoms with E-state index in [1.807, 2.05) is 6.92 Å². The van der Waals surface area contributed by atoms with Gasteiger partial charge in [0.25, 0.3) is 0 Å². The fraction of sp³-hybridized carbons (Fsp3) is 0.364. The van der Waals surface area contributed by atoms with E-state index in [1.165, 1.54) is 18.2 Å². The first-order valence-corrected chi connectivity index (χ1v) is 9.56. The molecule has 0 saturated heterocycles. The van der Waals surface area contributed by atoms with Crippen LogP contribution in [0.15, 0.2) is 42.5 Å². The van der Waals surface area contributed by atoms with E-state index in [0.717, 1.165) is 37.1 Å². The van der Waals surface area contributed by atoms with Crippen molar-refractivity contribution in [2.24, 2.45) is 0 Å². The highest BCUT2D eigenvalue weighted by atomic mass is 19.4. The lowest BCUT2D eigenvalue weighted by Gasteiger charge is -2.18. The Labute approximate surface area is 169 Å². The van der Waals surface area contributed by atoms with Gasteiger partial charge in [0.15, 0.2) is 0 Å². The molecule has 2 N–H and O–H groups in total. The number of halogens is 6. The Morgan fingerprint density at radius 1 is 0.833 bits per heavy atom. The van der Waals surface area contributed by atoms with Crippen molar-refractivity contribution in [3.63, 3.8) is 0 Å². The van der Waals surface area contributed by atoms with Crippen LogP contribution in [-0.2, 0) is 12.4 Å². The summed E-state index contributed by atoms with van der Waals surface area (Å²) in [6.07, 6.45) is -8.42. The van der Waals surface area contributed by atoms with Crippen molar-refractivity contribution in [1.29, 1.82) is 0 Å².